The molecular formula is C16H26N3OP. The largest absolute Gasteiger partial charge is 0.287 e. The van der Waals surface area contributed by atoms with E-state index in [4.69, 9.17) is 0 Å². The van der Waals surface area contributed by atoms with Gasteiger partial charge in [-0.2, -0.15) is 0 Å². The number of nitrogens with zero attached hydrogens (tertiary/aromatic N) is 3. The van der Waals surface area contributed by atoms with Gasteiger partial charge in [0, 0.05) is 18.6 Å². The minimum Gasteiger partial charge on any atom is -0.270 e. The second-order valence-electron chi connectivity index (χ2n) is 6.38. The van der Waals surface area contributed by atoms with Crippen molar-refractivity contribution in [2.45, 2.75) is 44.3 Å². The summed E-state index contributed by atoms with van der Waals surface area (Å²) in [5, 5.41) is 0. The van der Waals surface area contributed by atoms with E-state index in [1.807, 2.05) is 25.2 Å². The Hall–Kier alpha value is -0.670. The van der Waals surface area contributed by atoms with Gasteiger partial charge in [-0.05, 0) is 39.5 Å². The molecule has 1 aliphatic heterocycles. The second-order valence-corrected chi connectivity index (χ2v) is 9.35. The molecule has 21 heavy (non-hydrogen) atoms. The second kappa shape index (κ2) is 5.85. The van der Waals surface area contributed by atoms with E-state index in [0.29, 0.717) is 12.1 Å². The smallest absolute Gasteiger partial charge is 0.270 e. The minimum absolute atomic E-state index is 0.452. The van der Waals surface area contributed by atoms with Crippen molar-refractivity contribution in [3.05, 3.63) is 35.9 Å². The first-order chi connectivity index (χ1) is 10.0. The van der Waals surface area contributed by atoms with E-state index in [1.165, 1.54) is 31.2 Å². The van der Waals surface area contributed by atoms with Gasteiger partial charge in [-0.15, -0.1) is 0 Å². The topological polar surface area (TPSA) is 26.8 Å². The van der Waals surface area contributed by atoms with Crippen molar-refractivity contribution >= 4 is 7.59 Å². The minimum atomic E-state index is -2.61. The molecule has 0 N–H and O–H groups in total. The monoisotopic (exact) mass is 307 g/mol. The lowest BCUT2D eigenvalue weighted by molar-refractivity contribution is 0.233. The third kappa shape index (κ3) is 2.49. The summed E-state index contributed by atoms with van der Waals surface area (Å²) in [7, 11) is 3.48. The van der Waals surface area contributed by atoms with E-state index in [0.717, 1.165) is 6.54 Å². The predicted molar refractivity (Wildman–Crippen MR) is 87.1 cm³/mol. The van der Waals surface area contributed by atoms with Crippen molar-refractivity contribution in [3.63, 3.8) is 0 Å². The number of hydrogen-bond donors (Lipinski definition) is 0. The van der Waals surface area contributed by atoms with Crippen molar-refractivity contribution in [2.75, 3.05) is 21.1 Å². The van der Waals surface area contributed by atoms with Crippen LogP contribution in [0.5, 0.6) is 0 Å². The average molecular weight is 307 g/mol. The molecule has 1 aliphatic carbocycles. The maximum absolute atomic E-state index is 13.7. The van der Waals surface area contributed by atoms with Crippen LogP contribution in [0.4, 0.5) is 0 Å². The van der Waals surface area contributed by atoms with Gasteiger partial charge in [0.15, 0.2) is 0 Å². The molecule has 0 unspecified atom stereocenters. The first-order valence-corrected chi connectivity index (χ1v) is 9.44. The van der Waals surface area contributed by atoms with Gasteiger partial charge in [0.1, 0.15) is 0 Å². The van der Waals surface area contributed by atoms with E-state index >= 15 is 0 Å². The molecule has 1 heterocycles. The van der Waals surface area contributed by atoms with E-state index in [-0.39, 0.29) is 0 Å². The van der Waals surface area contributed by atoms with Gasteiger partial charge in [0.2, 0.25) is 0 Å². The van der Waals surface area contributed by atoms with Crippen LogP contribution in [0.25, 0.3) is 0 Å². The van der Waals surface area contributed by atoms with Crippen LogP contribution in [0.15, 0.2) is 30.3 Å². The van der Waals surface area contributed by atoms with Gasteiger partial charge in [-0.1, -0.05) is 43.2 Å². The van der Waals surface area contributed by atoms with Gasteiger partial charge >= 0.3 is 0 Å². The highest BCUT2D eigenvalue weighted by Gasteiger charge is 2.53. The quantitative estimate of drug-likeness (QED) is 0.800. The molecule has 2 atom stereocenters. The zero-order valence-electron chi connectivity index (χ0n) is 13.3. The van der Waals surface area contributed by atoms with Crippen molar-refractivity contribution in [3.8, 4) is 0 Å². The maximum atomic E-state index is 13.7. The lowest BCUT2D eigenvalue weighted by Crippen LogP contribution is -2.37. The predicted octanol–water partition coefficient (Wildman–Crippen LogP) is 3.41. The highest BCUT2D eigenvalue weighted by molar-refractivity contribution is 7.56. The van der Waals surface area contributed by atoms with Gasteiger partial charge in [0.05, 0.1) is 0 Å². The third-order valence-corrected chi connectivity index (χ3v) is 8.44. The molecule has 1 aromatic carbocycles. The van der Waals surface area contributed by atoms with E-state index < -0.39 is 7.59 Å². The number of fused-ring (bicyclic) bond motifs is 1. The van der Waals surface area contributed by atoms with Crippen LogP contribution in [0.3, 0.4) is 0 Å². The molecule has 2 aliphatic rings. The van der Waals surface area contributed by atoms with Gasteiger partial charge in [-0.3, -0.25) is 4.57 Å². The molecule has 4 nitrogen and oxygen atoms in total. The van der Waals surface area contributed by atoms with Crippen LogP contribution in [0, 0.1) is 0 Å². The first kappa shape index (κ1) is 15.2. The fraction of sp³-hybridized carbons (Fsp3) is 0.625. The Bertz CT molecular complexity index is 514. The third-order valence-electron chi connectivity index (χ3n) is 5.17. The molecule has 0 bridgehead atoms. The van der Waals surface area contributed by atoms with Crippen LogP contribution in [-0.2, 0) is 11.1 Å². The van der Waals surface area contributed by atoms with Crippen LogP contribution < -0.4 is 0 Å². The van der Waals surface area contributed by atoms with E-state index in [1.54, 1.807) is 0 Å². The van der Waals surface area contributed by atoms with Gasteiger partial charge in [-0.25, -0.2) is 14.0 Å². The molecule has 3 rings (SSSR count). The van der Waals surface area contributed by atoms with Crippen molar-refractivity contribution in [1.29, 1.82) is 0 Å². The summed E-state index contributed by atoms with van der Waals surface area (Å²) in [6, 6.07) is 11.2. The molecule has 0 aromatic heterocycles. The number of benzene rings is 1. The first-order valence-electron chi connectivity index (χ1n) is 7.87. The maximum Gasteiger partial charge on any atom is 0.287 e. The molecule has 116 valence electrons. The average Bonchev–Trinajstić information content (AvgIpc) is 2.72. The van der Waals surface area contributed by atoms with Crippen LogP contribution >= 0.6 is 7.59 Å². The summed E-state index contributed by atoms with van der Waals surface area (Å²) in [4.78, 5) is 0. The van der Waals surface area contributed by atoms with Gasteiger partial charge < -0.3 is 0 Å². The lowest BCUT2D eigenvalue weighted by Gasteiger charge is -2.34. The summed E-state index contributed by atoms with van der Waals surface area (Å²) in [6.45, 7) is 0.728. The molecular weight excluding hydrogens is 281 g/mol. The van der Waals surface area contributed by atoms with Crippen molar-refractivity contribution in [1.82, 2.24) is 14.0 Å². The van der Waals surface area contributed by atoms with E-state index in [2.05, 4.69) is 40.2 Å². The summed E-state index contributed by atoms with van der Waals surface area (Å²) in [5.41, 5.74) is 1.21. The Labute approximate surface area is 128 Å². The molecule has 1 saturated heterocycles. The number of rotatable bonds is 3. The standard InChI is InChI=1S/C16H26N3OP/c1-17(13-14-9-5-4-6-10-14)21(20)18(2)15-11-7-8-12-16(15)19(21)3/h4-6,9-10,15-16H,7-8,11-13H2,1-3H3/t15-,16-/m1/s1. The molecule has 1 saturated carbocycles. The lowest BCUT2D eigenvalue weighted by atomic mass is 9.91. The van der Waals surface area contributed by atoms with Crippen LogP contribution in [-0.4, -0.2) is 47.2 Å². The molecule has 0 radical (unpaired) electrons. The SMILES string of the molecule is CN(Cc1ccccc1)P1(=O)N(C)[C@@H]2CCCC[C@H]2N1C. The molecule has 2 fully saturated rings. The zero-order chi connectivity index (χ0) is 15.0. The Kier molecular flexibility index (Phi) is 4.24. The van der Waals surface area contributed by atoms with E-state index in [9.17, 15) is 4.57 Å². The summed E-state index contributed by atoms with van der Waals surface area (Å²) in [5.74, 6) is 0. The molecule has 0 amide bonds. The molecule has 5 heteroatoms. The highest BCUT2D eigenvalue weighted by Crippen LogP contribution is 2.63. The Morgan fingerprint density at radius 1 is 1.10 bits per heavy atom. The normalized spacial score (nSPS) is 29.7. The Balaban J connectivity index is 1.83. The van der Waals surface area contributed by atoms with Crippen molar-refractivity contribution in [2.24, 2.45) is 0 Å². The van der Waals surface area contributed by atoms with Gasteiger partial charge in [0.25, 0.3) is 7.59 Å². The number of likely N-dealkylation sites (N-methyl/N-ethyl adjacent to an activating group) is 2. The highest BCUT2D eigenvalue weighted by atomic mass is 31.2. The molecule has 0 spiro atoms. The fourth-order valence-corrected chi connectivity index (χ4v) is 7.06. The zero-order valence-corrected chi connectivity index (χ0v) is 14.2. The van der Waals surface area contributed by atoms with Crippen LogP contribution in [0.2, 0.25) is 0 Å². The Morgan fingerprint density at radius 2 is 1.62 bits per heavy atom. The Morgan fingerprint density at radius 3 is 2.14 bits per heavy atom. The fourth-order valence-electron chi connectivity index (χ4n) is 3.99. The van der Waals surface area contributed by atoms with Crippen molar-refractivity contribution < 1.29 is 4.57 Å². The summed E-state index contributed by atoms with van der Waals surface area (Å²) < 4.78 is 20.1. The van der Waals surface area contributed by atoms with Crippen LogP contribution in [0.1, 0.15) is 31.2 Å². The summed E-state index contributed by atoms with van der Waals surface area (Å²) in [6.07, 6.45) is 4.88. The summed E-state index contributed by atoms with van der Waals surface area (Å²) >= 11 is 0. The number of hydrogen-bond acceptors (Lipinski definition) is 1. The molecule has 1 aromatic rings.